The van der Waals surface area contributed by atoms with Crippen molar-refractivity contribution in [1.29, 1.82) is 0 Å². The molecule has 3 aromatic carbocycles. The van der Waals surface area contributed by atoms with E-state index in [1.54, 1.807) is 6.21 Å². The third-order valence-corrected chi connectivity index (χ3v) is 4.39. The van der Waals surface area contributed by atoms with Crippen LogP contribution in [-0.2, 0) is 6.61 Å². The Hall–Kier alpha value is -3.38. The number of hydrogen-bond acceptors (Lipinski definition) is 4. The lowest BCUT2D eigenvalue weighted by molar-refractivity contribution is 0.269. The SMILES string of the molecule is CCOc1cc(/C=N/NC(=S)Nc2ccccc2)ccc1OCc1ccc(C)cc1. The topological polar surface area (TPSA) is 54.9 Å². The van der Waals surface area contributed by atoms with Gasteiger partial charge < -0.3 is 14.8 Å². The Morgan fingerprint density at radius 3 is 2.47 bits per heavy atom. The fourth-order valence-electron chi connectivity index (χ4n) is 2.68. The van der Waals surface area contributed by atoms with Gasteiger partial charge in [-0.05, 0) is 67.5 Å². The summed E-state index contributed by atoms with van der Waals surface area (Å²) in [5, 5.41) is 7.68. The lowest BCUT2D eigenvalue weighted by Gasteiger charge is -2.13. The summed E-state index contributed by atoms with van der Waals surface area (Å²) in [6, 6.07) is 23.7. The van der Waals surface area contributed by atoms with E-state index in [9.17, 15) is 0 Å². The van der Waals surface area contributed by atoms with E-state index in [0.29, 0.717) is 29.8 Å². The molecule has 30 heavy (non-hydrogen) atoms. The molecule has 0 fully saturated rings. The molecule has 3 aromatic rings. The zero-order chi connectivity index (χ0) is 21.2. The molecule has 0 aliphatic heterocycles. The molecule has 0 aliphatic carbocycles. The van der Waals surface area contributed by atoms with Crippen LogP contribution in [0.4, 0.5) is 5.69 Å². The summed E-state index contributed by atoms with van der Waals surface area (Å²) < 4.78 is 11.7. The Labute approximate surface area is 182 Å². The number of rotatable bonds is 8. The summed E-state index contributed by atoms with van der Waals surface area (Å²) in [4.78, 5) is 0. The summed E-state index contributed by atoms with van der Waals surface area (Å²) in [6.45, 7) is 5.04. The number of hydrogen-bond donors (Lipinski definition) is 2. The van der Waals surface area contributed by atoms with Gasteiger partial charge in [0, 0.05) is 5.69 Å². The second-order valence-electron chi connectivity index (χ2n) is 6.60. The van der Waals surface area contributed by atoms with Crippen LogP contribution in [0.1, 0.15) is 23.6 Å². The van der Waals surface area contributed by atoms with E-state index in [2.05, 4.69) is 47.0 Å². The predicted molar refractivity (Wildman–Crippen MR) is 127 cm³/mol. The quantitative estimate of drug-likeness (QED) is 0.295. The number of thiocarbonyl (C=S) groups is 1. The number of nitrogens with one attached hydrogen (secondary N) is 2. The maximum absolute atomic E-state index is 5.96. The van der Waals surface area contributed by atoms with Gasteiger partial charge in [-0.2, -0.15) is 5.10 Å². The minimum Gasteiger partial charge on any atom is -0.490 e. The van der Waals surface area contributed by atoms with Crippen LogP contribution in [0.3, 0.4) is 0 Å². The molecule has 0 radical (unpaired) electrons. The highest BCUT2D eigenvalue weighted by Crippen LogP contribution is 2.29. The van der Waals surface area contributed by atoms with Crippen molar-refractivity contribution >= 4 is 29.2 Å². The van der Waals surface area contributed by atoms with E-state index >= 15 is 0 Å². The molecule has 0 amide bonds. The average molecular weight is 420 g/mol. The first-order valence-electron chi connectivity index (χ1n) is 9.74. The molecule has 0 saturated heterocycles. The molecule has 0 unspecified atom stereocenters. The van der Waals surface area contributed by atoms with Crippen molar-refractivity contribution < 1.29 is 9.47 Å². The number of anilines is 1. The van der Waals surface area contributed by atoms with E-state index in [4.69, 9.17) is 21.7 Å². The van der Waals surface area contributed by atoms with E-state index < -0.39 is 0 Å². The lowest BCUT2D eigenvalue weighted by Crippen LogP contribution is -2.23. The molecule has 0 spiro atoms. The molecule has 0 aromatic heterocycles. The number of benzene rings is 3. The third kappa shape index (κ3) is 6.60. The summed E-state index contributed by atoms with van der Waals surface area (Å²) in [6.07, 6.45) is 1.69. The second-order valence-corrected chi connectivity index (χ2v) is 7.01. The number of nitrogens with zero attached hydrogens (tertiary/aromatic N) is 1. The molecule has 2 N–H and O–H groups in total. The Bertz CT molecular complexity index is 989. The second kappa shape index (κ2) is 11.0. The van der Waals surface area contributed by atoms with E-state index in [-0.39, 0.29) is 0 Å². The molecular weight excluding hydrogens is 394 g/mol. The maximum Gasteiger partial charge on any atom is 0.191 e. The summed E-state index contributed by atoms with van der Waals surface area (Å²) in [5.74, 6) is 1.38. The molecule has 6 heteroatoms. The fraction of sp³-hybridized carbons (Fsp3) is 0.167. The van der Waals surface area contributed by atoms with Gasteiger partial charge in [-0.15, -0.1) is 0 Å². The summed E-state index contributed by atoms with van der Waals surface area (Å²) in [7, 11) is 0. The normalized spacial score (nSPS) is 10.6. The van der Waals surface area contributed by atoms with Crippen molar-refractivity contribution in [1.82, 2.24) is 5.43 Å². The van der Waals surface area contributed by atoms with Crippen molar-refractivity contribution in [2.45, 2.75) is 20.5 Å². The van der Waals surface area contributed by atoms with Crippen LogP contribution >= 0.6 is 12.2 Å². The number of ether oxygens (including phenoxy) is 2. The average Bonchev–Trinajstić information content (AvgIpc) is 2.75. The Morgan fingerprint density at radius 1 is 0.967 bits per heavy atom. The van der Waals surface area contributed by atoms with Gasteiger partial charge in [0.25, 0.3) is 0 Å². The molecule has 0 aliphatic rings. The third-order valence-electron chi connectivity index (χ3n) is 4.19. The zero-order valence-electron chi connectivity index (χ0n) is 17.1. The predicted octanol–water partition coefficient (Wildman–Crippen LogP) is 5.29. The van der Waals surface area contributed by atoms with Crippen molar-refractivity contribution in [3.8, 4) is 11.5 Å². The van der Waals surface area contributed by atoms with Crippen LogP contribution in [0, 0.1) is 6.92 Å². The van der Waals surface area contributed by atoms with Gasteiger partial charge in [0.2, 0.25) is 0 Å². The fourth-order valence-corrected chi connectivity index (χ4v) is 2.85. The standard InChI is InChI=1S/C24H25N3O2S/c1-3-28-23-15-20(16-25-27-24(30)26-21-7-5-4-6-8-21)13-14-22(23)29-17-19-11-9-18(2)10-12-19/h4-16H,3,17H2,1-2H3,(H2,26,27,30)/b25-16+. The number of aryl methyl sites for hydroxylation is 1. The van der Waals surface area contributed by atoms with Crippen LogP contribution in [0.15, 0.2) is 77.9 Å². The van der Waals surface area contributed by atoms with Crippen molar-refractivity contribution in [3.05, 3.63) is 89.5 Å². The molecule has 3 rings (SSSR count). The molecule has 154 valence electrons. The van der Waals surface area contributed by atoms with Gasteiger partial charge in [0.15, 0.2) is 16.6 Å². The van der Waals surface area contributed by atoms with Crippen LogP contribution in [-0.4, -0.2) is 17.9 Å². The van der Waals surface area contributed by atoms with Gasteiger partial charge in [0.1, 0.15) is 6.61 Å². The smallest absolute Gasteiger partial charge is 0.191 e. The zero-order valence-corrected chi connectivity index (χ0v) is 17.9. The molecule has 0 bridgehead atoms. The number of para-hydroxylation sites is 1. The van der Waals surface area contributed by atoms with Crippen molar-refractivity contribution in [3.63, 3.8) is 0 Å². The Morgan fingerprint density at radius 2 is 1.73 bits per heavy atom. The highest BCUT2D eigenvalue weighted by molar-refractivity contribution is 7.80. The Kier molecular flexibility index (Phi) is 7.80. The van der Waals surface area contributed by atoms with E-state index in [1.165, 1.54) is 5.56 Å². The summed E-state index contributed by atoms with van der Waals surface area (Å²) in [5.41, 5.74) is 6.92. The molecule has 0 heterocycles. The van der Waals surface area contributed by atoms with E-state index in [0.717, 1.165) is 16.8 Å². The van der Waals surface area contributed by atoms with Crippen LogP contribution in [0.25, 0.3) is 0 Å². The van der Waals surface area contributed by atoms with Gasteiger partial charge in [-0.25, -0.2) is 0 Å². The molecule has 0 atom stereocenters. The summed E-state index contributed by atoms with van der Waals surface area (Å²) >= 11 is 5.25. The van der Waals surface area contributed by atoms with Crippen LogP contribution in [0.2, 0.25) is 0 Å². The van der Waals surface area contributed by atoms with Crippen LogP contribution < -0.4 is 20.2 Å². The van der Waals surface area contributed by atoms with Gasteiger partial charge >= 0.3 is 0 Å². The highest BCUT2D eigenvalue weighted by atomic mass is 32.1. The minimum atomic E-state index is 0.417. The molecule has 0 saturated carbocycles. The van der Waals surface area contributed by atoms with Gasteiger partial charge in [-0.1, -0.05) is 48.0 Å². The lowest BCUT2D eigenvalue weighted by atomic mass is 10.2. The maximum atomic E-state index is 5.96. The molecular formula is C24H25N3O2S. The van der Waals surface area contributed by atoms with Crippen LogP contribution in [0.5, 0.6) is 11.5 Å². The van der Waals surface area contributed by atoms with Crippen molar-refractivity contribution in [2.24, 2.45) is 5.10 Å². The van der Waals surface area contributed by atoms with Crippen molar-refractivity contribution in [2.75, 3.05) is 11.9 Å². The minimum absolute atomic E-state index is 0.417. The highest BCUT2D eigenvalue weighted by Gasteiger charge is 2.07. The van der Waals surface area contributed by atoms with Gasteiger partial charge in [-0.3, -0.25) is 5.43 Å². The van der Waals surface area contributed by atoms with Gasteiger partial charge in [0.05, 0.1) is 12.8 Å². The van der Waals surface area contributed by atoms with E-state index in [1.807, 2.05) is 55.5 Å². The first-order valence-corrected chi connectivity index (χ1v) is 10.1. The largest absolute Gasteiger partial charge is 0.490 e. The first-order chi connectivity index (χ1) is 14.6. The monoisotopic (exact) mass is 419 g/mol. The number of hydrazone groups is 1. The Balaban J connectivity index is 1.60. The first kappa shape index (κ1) is 21.3. The molecule has 5 nitrogen and oxygen atoms in total.